The number of nitrogens with one attached hydrogen (secondary N) is 1. The summed E-state index contributed by atoms with van der Waals surface area (Å²) in [7, 11) is 0. The zero-order valence-electron chi connectivity index (χ0n) is 12.1. The lowest BCUT2D eigenvalue weighted by atomic mass is 9.82. The third-order valence-corrected chi connectivity index (χ3v) is 4.87. The summed E-state index contributed by atoms with van der Waals surface area (Å²) in [6.07, 6.45) is 6.41. The zero-order valence-corrected chi connectivity index (χ0v) is 12.1. The van der Waals surface area contributed by atoms with E-state index in [9.17, 15) is 9.90 Å². The van der Waals surface area contributed by atoms with Crippen LogP contribution in [0.1, 0.15) is 68.6 Å². The van der Waals surface area contributed by atoms with Gasteiger partial charge in [-0.1, -0.05) is 38.3 Å². The van der Waals surface area contributed by atoms with Gasteiger partial charge in [0.15, 0.2) is 0 Å². The van der Waals surface area contributed by atoms with Crippen LogP contribution in [0.4, 0.5) is 5.69 Å². The van der Waals surface area contributed by atoms with Crippen molar-refractivity contribution in [3.05, 3.63) is 29.3 Å². The number of aliphatic hydroxyl groups is 1. The van der Waals surface area contributed by atoms with Crippen molar-refractivity contribution in [2.24, 2.45) is 5.92 Å². The Labute approximate surface area is 120 Å². The molecule has 1 amide bonds. The largest absolute Gasteiger partial charge is 0.388 e. The van der Waals surface area contributed by atoms with Gasteiger partial charge in [0.2, 0.25) is 5.91 Å². The fourth-order valence-electron chi connectivity index (χ4n) is 3.66. The van der Waals surface area contributed by atoms with E-state index in [0.717, 1.165) is 36.1 Å². The zero-order chi connectivity index (χ0) is 14.1. The minimum Gasteiger partial charge on any atom is -0.388 e. The number of amides is 1. The molecule has 0 aromatic heterocycles. The van der Waals surface area contributed by atoms with E-state index in [2.05, 4.69) is 5.32 Å². The van der Waals surface area contributed by atoms with Crippen molar-refractivity contribution in [3.8, 4) is 0 Å². The fraction of sp³-hybridized carbons (Fsp3) is 0.588. The summed E-state index contributed by atoms with van der Waals surface area (Å²) < 4.78 is 0. The lowest BCUT2D eigenvalue weighted by Crippen LogP contribution is -2.16. The molecule has 3 heteroatoms. The van der Waals surface area contributed by atoms with Crippen LogP contribution in [0.3, 0.4) is 0 Å². The third kappa shape index (κ3) is 2.35. The second-order valence-corrected chi connectivity index (χ2v) is 6.14. The van der Waals surface area contributed by atoms with Crippen LogP contribution in [0, 0.1) is 5.92 Å². The number of fused-ring (bicyclic) bond motifs is 1. The van der Waals surface area contributed by atoms with Crippen LogP contribution in [-0.4, -0.2) is 11.0 Å². The number of aliphatic hydroxyl groups excluding tert-OH is 1. The van der Waals surface area contributed by atoms with Crippen LogP contribution in [0.5, 0.6) is 0 Å². The predicted octanol–water partition coefficient (Wildman–Crippen LogP) is 3.75. The smallest absolute Gasteiger partial charge is 0.231 e. The van der Waals surface area contributed by atoms with Crippen molar-refractivity contribution in [1.82, 2.24) is 0 Å². The maximum atomic E-state index is 11.9. The van der Waals surface area contributed by atoms with Crippen molar-refractivity contribution in [3.63, 3.8) is 0 Å². The van der Waals surface area contributed by atoms with Gasteiger partial charge >= 0.3 is 0 Å². The van der Waals surface area contributed by atoms with E-state index in [4.69, 9.17) is 0 Å². The number of carbonyl (C=O) groups excluding carboxylic acids is 1. The normalized spacial score (nSPS) is 24.3. The van der Waals surface area contributed by atoms with Crippen molar-refractivity contribution < 1.29 is 9.90 Å². The van der Waals surface area contributed by atoms with Gasteiger partial charge in [-0.2, -0.15) is 0 Å². The second kappa shape index (κ2) is 5.57. The Morgan fingerprint density at radius 3 is 2.75 bits per heavy atom. The van der Waals surface area contributed by atoms with Crippen molar-refractivity contribution in [2.75, 3.05) is 5.32 Å². The molecule has 0 spiro atoms. The number of hydrogen-bond donors (Lipinski definition) is 2. The first-order valence-corrected chi connectivity index (χ1v) is 7.83. The maximum absolute atomic E-state index is 11.9. The van der Waals surface area contributed by atoms with E-state index in [1.54, 1.807) is 0 Å². The van der Waals surface area contributed by atoms with Gasteiger partial charge in [0.05, 0.1) is 12.0 Å². The number of anilines is 1. The van der Waals surface area contributed by atoms with Crippen LogP contribution in [0.15, 0.2) is 18.2 Å². The summed E-state index contributed by atoms with van der Waals surface area (Å²) >= 11 is 0. The molecule has 0 radical (unpaired) electrons. The number of carbonyl (C=O) groups is 1. The SMILES string of the molecule is CCC1C(=O)Nc2ccc(C(O)C3CCCCC3)cc21. The van der Waals surface area contributed by atoms with E-state index in [1.807, 2.05) is 25.1 Å². The second-order valence-electron chi connectivity index (χ2n) is 6.14. The molecule has 1 aliphatic heterocycles. The van der Waals surface area contributed by atoms with Gasteiger partial charge in [-0.25, -0.2) is 0 Å². The minimum absolute atomic E-state index is 0.0523. The van der Waals surface area contributed by atoms with E-state index in [1.165, 1.54) is 19.3 Å². The molecule has 0 bridgehead atoms. The van der Waals surface area contributed by atoms with E-state index in [0.29, 0.717) is 5.92 Å². The van der Waals surface area contributed by atoms with Crippen LogP contribution < -0.4 is 5.32 Å². The number of benzene rings is 1. The highest BCUT2D eigenvalue weighted by molar-refractivity contribution is 6.02. The Kier molecular flexibility index (Phi) is 3.79. The molecular weight excluding hydrogens is 250 g/mol. The van der Waals surface area contributed by atoms with Crippen LogP contribution in [0.2, 0.25) is 0 Å². The van der Waals surface area contributed by atoms with Gasteiger partial charge in [0.1, 0.15) is 0 Å². The molecular formula is C17H23NO2. The molecule has 1 aromatic carbocycles. The molecule has 0 saturated heterocycles. The first kappa shape index (κ1) is 13.6. The highest BCUT2D eigenvalue weighted by Gasteiger charge is 2.30. The Morgan fingerprint density at radius 2 is 2.05 bits per heavy atom. The van der Waals surface area contributed by atoms with Gasteiger partial charge in [-0.15, -0.1) is 0 Å². The van der Waals surface area contributed by atoms with E-state index < -0.39 is 0 Å². The standard InChI is InChI=1S/C17H23NO2/c1-2-13-14-10-12(8-9-15(14)18-17(13)20)16(19)11-6-4-3-5-7-11/h8-11,13,16,19H,2-7H2,1H3,(H,18,20). The number of hydrogen-bond acceptors (Lipinski definition) is 2. The topological polar surface area (TPSA) is 49.3 Å². The molecule has 2 atom stereocenters. The lowest BCUT2D eigenvalue weighted by molar-refractivity contribution is -0.117. The van der Waals surface area contributed by atoms with Crippen molar-refractivity contribution in [2.45, 2.75) is 57.5 Å². The molecule has 2 unspecified atom stereocenters. The molecule has 1 fully saturated rings. The van der Waals surface area contributed by atoms with Gasteiger partial charge in [-0.3, -0.25) is 4.79 Å². The summed E-state index contributed by atoms with van der Waals surface area (Å²) in [5.74, 6) is 0.419. The average molecular weight is 273 g/mol. The molecule has 1 aliphatic carbocycles. The van der Waals surface area contributed by atoms with Gasteiger partial charge in [0.25, 0.3) is 0 Å². The Balaban J connectivity index is 1.85. The molecule has 2 aliphatic rings. The van der Waals surface area contributed by atoms with Crippen LogP contribution in [0.25, 0.3) is 0 Å². The average Bonchev–Trinajstić information content (AvgIpc) is 2.81. The first-order valence-electron chi connectivity index (χ1n) is 7.83. The van der Waals surface area contributed by atoms with E-state index in [-0.39, 0.29) is 17.9 Å². The molecule has 20 heavy (non-hydrogen) atoms. The summed E-state index contributed by atoms with van der Waals surface area (Å²) in [6, 6.07) is 5.96. The molecule has 1 heterocycles. The molecule has 1 aromatic rings. The molecule has 108 valence electrons. The molecule has 3 rings (SSSR count). The molecule has 2 N–H and O–H groups in total. The monoisotopic (exact) mass is 273 g/mol. The highest BCUT2D eigenvalue weighted by Crippen LogP contribution is 2.39. The van der Waals surface area contributed by atoms with Crippen LogP contribution in [-0.2, 0) is 4.79 Å². The molecule has 3 nitrogen and oxygen atoms in total. The van der Waals surface area contributed by atoms with Gasteiger partial charge in [-0.05, 0) is 42.4 Å². The minimum atomic E-state index is -0.381. The first-order chi connectivity index (χ1) is 9.70. The van der Waals surface area contributed by atoms with Gasteiger partial charge < -0.3 is 10.4 Å². The summed E-state index contributed by atoms with van der Waals surface area (Å²) in [5.41, 5.74) is 2.96. The third-order valence-electron chi connectivity index (χ3n) is 4.87. The summed E-state index contributed by atoms with van der Waals surface area (Å²) in [5, 5.41) is 13.5. The number of rotatable bonds is 3. The van der Waals surface area contributed by atoms with Crippen LogP contribution >= 0.6 is 0 Å². The summed E-state index contributed by atoms with van der Waals surface area (Å²) in [6.45, 7) is 2.03. The van der Waals surface area contributed by atoms with E-state index >= 15 is 0 Å². The lowest BCUT2D eigenvalue weighted by Gasteiger charge is -2.27. The summed E-state index contributed by atoms with van der Waals surface area (Å²) in [4.78, 5) is 11.9. The van der Waals surface area contributed by atoms with Gasteiger partial charge in [0, 0.05) is 5.69 Å². The van der Waals surface area contributed by atoms with Crippen molar-refractivity contribution in [1.29, 1.82) is 0 Å². The van der Waals surface area contributed by atoms with Crippen molar-refractivity contribution >= 4 is 11.6 Å². The molecule has 1 saturated carbocycles. The Bertz CT molecular complexity index is 506. The quantitative estimate of drug-likeness (QED) is 0.881. The predicted molar refractivity (Wildman–Crippen MR) is 79.6 cm³/mol. The Hall–Kier alpha value is -1.35. The fourth-order valence-corrected chi connectivity index (χ4v) is 3.66. The Morgan fingerprint density at radius 1 is 1.30 bits per heavy atom. The maximum Gasteiger partial charge on any atom is 0.231 e. The highest BCUT2D eigenvalue weighted by atomic mass is 16.3.